The van der Waals surface area contributed by atoms with E-state index in [-0.39, 0.29) is 6.61 Å². The smallest absolute Gasteiger partial charge is 0.171 e. The summed E-state index contributed by atoms with van der Waals surface area (Å²) < 4.78 is 2.38. The maximum Gasteiger partial charge on any atom is 0.171 e. The summed E-state index contributed by atoms with van der Waals surface area (Å²) in [6, 6.07) is 0. The SMILES string of the molecule is Cc1nc2c(Br)cnn2c(N)c1CCO. The van der Waals surface area contributed by atoms with Gasteiger partial charge in [-0.15, -0.1) is 0 Å². The van der Waals surface area contributed by atoms with Crippen LogP contribution in [0.2, 0.25) is 0 Å². The molecule has 0 atom stereocenters. The summed E-state index contributed by atoms with van der Waals surface area (Å²) in [5, 5.41) is 13.0. The van der Waals surface area contributed by atoms with Crippen molar-refractivity contribution in [3.8, 4) is 0 Å². The summed E-state index contributed by atoms with van der Waals surface area (Å²) in [4.78, 5) is 4.38. The Bertz CT molecular complexity index is 508. The van der Waals surface area contributed by atoms with Gasteiger partial charge in [0.1, 0.15) is 5.82 Å². The molecule has 6 heteroatoms. The fourth-order valence-corrected chi connectivity index (χ4v) is 1.91. The molecule has 0 radical (unpaired) electrons. The van der Waals surface area contributed by atoms with Gasteiger partial charge in [-0.25, -0.2) is 4.98 Å². The lowest BCUT2D eigenvalue weighted by molar-refractivity contribution is 0.299. The van der Waals surface area contributed by atoms with E-state index in [0.29, 0.717) is 17.9 Å². The predicted octanol–water partition coefficient (Wildman–Crippen LogP) is 0.917. The van der Waals surface area contributed by atoms with Crippen molar-refractivity contribution < 1.29 is 5.11 Å². The number of hydrogen-bond acceptors (Lipinski definition) is 4. The number of aliphatic hydroxyl groups excluding tert-OH is 1. The van der Waals surface area contributed by atoms with E-state index < -0.39 is 0 Å². The number of anilines is 1. The first-order chi connectivity index (χ1) is 7.15. The number of hydrogen-bond donors (Lipinski definition) is 2. The van der Waals surface area contributed by atoms with E-state index in [1.165, 1.54) is 0 Å². The van der Waals surface area contributed by atoms with Crippen LogP contribution in [0.1, 0.15) is 11.3 Å². The van der Waals surface area contributed by atoms with E-state index in [4.69, 9.17) is 10.8 Å². The molecule has 0 fully saturated rings. The maximum absolute atomic E-state index is 8.92. The molecule has 0 saturated heterocycles. The highest BCUT2D eigenvalue weighted by atomic mass is 79.9. The van der Waals surface area contributed by atoms with Crippen molar-refractivity contribution in [1.29, 1.82) is 0 Å². The number of nitrogen functional groups attached to an aromatic ring is 1. The molecular formula is C9H11BrN4O. The Labute approximate surface area is 95.1 Å². The molecule has 80 valence electrons. The van der Waals surface area contributed by atoms with Crippen LogP contribution in [-0.2, 0) is 6.42 Å². The van der Waals surface area contributed by atoms with Gasteiger partial charge < -0.3 is 10.8 Å². The van der Waals surface area contributed by atoms with E-state index in [9.17, 15) is 0 Å². The van der Waals surface area contributed by atoms with Crippen molar-refractivity contribution in [2.75, 3.05) is 12.3 Å². The molecule has 0 spiro atoms. The molecule has 0 amide bonds. The molecule has 2 aromatic rings. The zero-order chi connectivity index (χ0) is 11.0. The molecular weight excluding hydrogens is 260 g/mol. The first-order valence-corrected chi connectivity index (χ1v) is 5.33. The van der Waals surface area contributed by atoms with Gasteiger partial charge in [-0.2, -0.15) is 9.61 Å². The topological polar surface area (TPSA) is 76.4 Å². The van der Waals surface area contributed by atoms with Crippen LogP contribution in [-0.4, -0.2) is 26.3 Å². The van der Waals surface area contributed by atoms with Gasteiger partial charge in [-0.05, 0) is 22.9 Å². The number of halogens is 1. The average molecular weight is 271 g/mol. The summed E-state index contributed by atoms with van der Waals surface area (Å²) in [5.74, 6) is 0.539. The fourth-order valence-electron chi connectivity index (χ4n) is 1.56. The van der Waals surface area contributed by atoms with Crippen molar-refractivity contribution in [2.24, 2.45) is 0 Å². The lowest BCUT2D eigenvalue weighted by atomic mass is 10.1. The molecule has 0 aromatic carbocycles. The minimum Gasteiger partial charge on any atom is -0.396 e. The number of aryl methyl sites for hydroxylation is 1. The summed E-state index contributed by atoms with van der Waals surface area (Å²) in [5.41, 5.74) is 8.33. The highest BCUT2D eigenvalue weighted by Crippen LogP contribution is 2.22. The predicted molar refractivity (Wildman–Crippen MR) is 60.6 cm³/mol. The van der Waals surface area contributed by atoms with Crippen molar-refractivity contribution in [2.45, 2.75) is 13.3 Å². The Morgan fingerprint density at radius 1 is 1.60 bits per heavy atom. The Hall–Kier alpha value is -1.14. The Morgan fingerprint density at radius 3 is 3.00 bits per heavy atom. The molecule has 3 N–H and O–H groups in total. The van der Waals surface area contributed by atoms with Crippen molar-refractivity contribution in [3.63, 3.8) is 0 Å². The van der Waals surface area contributed by atoms with Crippen LogP contribution in [0.5, 0.6) is 0 Å². The van der Waals surface area contributed by atoms with Gasteiger partial charge in [-0.3, -0.25) is 0 Å². The second kappa shape index (κ2) is 3.79. The zero-order valence-electron chi connectivity index (χ0n) is 8.24. The van der Waals surface area contributed by atoms with E-state index in [1.807, 2.05) is 6.92 Å². The van der Waals surface area contributed by atoms with Crippen LogP contribution in [0.4, 0.5) is 5.82 Å². The molecule has 0 aliphatic heterocycles. The molecule has 2 heterocycles. The Balaban J connectivity index is 2.73. The zero-order valence-corrected chi connectivity index (χ0v) is 9.82. The third kappa shape index (κ3) is 1.59. The monoisotopic (exact) mass is 270 g/mol. The molecule has 0 aliphatic carbocycles. The lowest BCUT2D eigenvalue weighted by Crippen LogP contribution is -2.09. The highest BCUT2D eigenvalue weighted by molar-refractivity contribution is 9.10. The molecule has 0 bridgehead atoms. The van der Waals surface area contributed by atoms with Gasteiger partial charge in [0.25, 0.3) is 0 Å². The van der Waals surface area contributed by atoms with Gasteiger partial charge >= 0.3 is 0 Å². The minimum absolute atomic E-state index is 0.0562. The van der Waals surface area contributed by atoms with Gasteiger partial charge in [0.2, 0.25) is 0 Å². The molecule has 0 unspecified atom stereocenters. The maximum atomic E-state index is 8.92. The van der Waals surface area contributed by atoms with Crippen LogP contribution in [0.25, 0.3) is 5.65 Å². The fraction of sp³-hybridized carbons (Fsp3) is 0.333. The number of nitrogens with zero attached hydrogens (tertiary/aromatic N) is 3. The second-order valence-electron chi connectivity index (χ2n) is 3.26. The molecule has 0 aliphatic rings. The number of aliphatic hydroxyl groups is 1. The normalized spacial score (nSPS) is 11.1. The second-order valence-corrected chi connectivity index (χ2v) is 4.12. The lowest BCUT2D eigenvalue weighted by Gasteiger charge is -2.09. The Kier molecular flexibility index (Phi) is 2.62. The highest BCUT2D eigenvalue weighted by Gasteiger charge is 2.12. The van der Waals surface area contributed by atoms with Crippen LogP contribution in [0.15, 0.2) is 10.7 Å². The summed E-state index contributed by atoms with van der Waals surface area (Å²) in [6.07, 6.45) is 2.15. The van der Waals surface area contributed by atoms with Crippen LogP contribution in [0.3, 0.4) is 0 Å². The molecule has 15 heavy (non-hydrogen) atoms. The van der Waals surface area contributed by atoms with Crippen LogP contribution >= 0.6 is 15.9 Å². The van der Waals surface area contributed by atoms with Crippen molar-refractivity contribution in [1.82, 2.24) is 14.6 Å². The molecule has 5 nitrogen and oxygen atoms in total. The van der Waals surface area contributed by atoms with E-state index in [2.05, 4.69) is 26.0 Å². The summed E-state index contributed by atoms with van der Waals surface area (Å²) in [7, 11) is 0. The molecule has 0 saturated carbocycles. The van der Waals surface area contributed by atoms with E-state index in [1.54, 1.807) is 10.7 Å². The largest absolute Gasteiger partial charge is 0.396 e. The summed E-state index contributed by atoms with van der Waals surface area (Å²) >= 11 is 3.35. The third-order valence-electron chi connectivity index (χ3n) is 2.31. The van der Waals surface area contributed by atoms with Gasteiger partial charge in [0.15, 0.2) is 5.65 Å². The van der Waals surface area contributed by atoms with Crippen LogP contribution in [0, 0.1) is 6.92 Å². The van der Waals surface area contributed by atoms with E-state index in [0.717, 1.165) is 15.7 Å². The quantitative estimate of drug-likeness (QED) is 0.851. The van der Waals surface area contributed by atoms with Crippen molar-refractivity contribution in [3.05, 3.63) is 21.9 Å². The van der Waals surface area contributed by atoms with Gasteiger partial charge in [0.05, 0.1) is 10.7 Å². The summed E-state index contributed by atoms with van der Waals surface area (Å²) in [6.45, 7) is 1.93. The third-order valence-corrected chi connectivity index (χ3v) is 2.87. The average Bonchev–Trinajstić information content (AvgIpc) is 2.55. The number of aromatic nitrogens is 3. The van der Waals surface area contributed by atoms with Gasteiger partial charge in [-0.1, -0.05) is 0 Å². The van der Waals surface area contributed by atoms with Crippen molar-refractivity contribution >= 4 is 27.4 Å². The minimum atomic E-state index is 0.0562. The van der Waals surface area contributed by atoms with Gasteiger partial charge in [0, 0.05) is 24.3 Å². The standard InChI is InChI=1S/C9H11BrN4O/c1-5-6(2-3-15)8(11)14-9(13-5)7(10)4-12-14/h4,15H,2-3,11H2,1H3. The number of nitrogens with two attached hydrogens (primary N) is 1. The van der Waals surface area contributed by atoms with E-state index >= 15 is 0 Å². The van der Waals surface area contributed by atoms with Crippen LogP contribution < -0.4 is 5.73 Å². The Morgan fingerprint density at radius 2 is 2.33 bits per heavy atom. The molecule has 2 aromatic heterocycles. The number of rotatable bonds is 2. The first kappa shape index (κ1) is 10.4. The molecule has 2 rings (SSSR count). The first-order valence-electron chi connectivity index (χ1n) is 4.54. The number of fused-ring (bicyclic) bond motifs is 1.